The Labute approximate surface area is 93.9 Å². The van der Waals surface area contributed by atoms with Gasteiger partial charge in [0.25, 0.3) is 0 Å². The van der Waals surface area contributed by atoms with Crippen molar-refractivity contribution in [1.29, 1.82) is 0 Å². The zero-order valence-electron chi connectivity index (χ0n) is 8.69. The third kappa shape index (κ3) is 1.96. The summed E-state index contributed by atoms with van der Waals surface area (Å²) in [5.74, 6) is 1.88. The Bertz CT molecular complexity index is 468. The number of terminal acetylenes is 1. The molecule has 2 rings (SSSR count). The minimum absolute atomic E-state index is 0.193. The largest absolute Gasteiger partial charge is 0.296 e. The van der Waals surface area contributed by atoms with Crippen LogP contribution in [0.25, 0.3) is 0 Å². The first-order valence-electron chi connectivity index (χ1n) is 5.11. The van der Waals surface area contributed by atoms with E-state index in [1.807, 2.05) is 12.1 Å². The van der Waals surface area contributed by atoms with Gasteiger partial charge >= 0.3 is 0 Å². The molecule has 1 aromatic carbocycles. The second-order valence-electron chi connectivity index (χ2n) is 3.77. The lowest BCUT2D eigenvalue weighted by molar-refractivity contribution is -0.134. The fourth-order valence-electron chi connectivity index (χ4n) is 1.82. The van der Waals surface area contributed by atoms with Gasteiger partial charge in [0.2, 0.25) is 11.8 Å². The lowest BCUT2D eigenvalue weighted by atomic mass is 9.90. The van der Waals surface area contributed by atoms with Crippen molar-refractivity contribution in [3.63, 3.8) is 0 Å². The van der Waals surface area contributed by atoms with Gasteiger partial charge in [-0.2, -0.15) is 0 Å². The van der Waals surface area contributed by atoms with Crippen LogP contribution in [0.2, 0.25) is 0 Å². The average molecular weight is 213 g/mol. The number of rotatable bonds is 1. The van der Waals surface area contributed by atoms with Gasteiger partial charge in [-0.3, -0.25) is 14.9 Å². The molecule has 0 aliphatic carbocycles. The van der Waals surface area contributed by atoms with E-state index in [-0.39, 0.29) is 17.7 Å². The van der Waals surface area contributed by atoms with E-state index in [1.165, 1.54) is 0 Å². The van der Waals surface area contributed by atoms with Gasteiger partial charge in [0.15, 0.2) is 0 Å². The van der Waals surface area contributed by atoms with Crippen LogP contribution in [0.15, 0.2) is 24.3 Å². The highest BCUT2D eigenvalue weighted by Crippen LogP contribution is 2.24. The van der Waals surface area contributed by atoms with Gasteiger partial charge in [-0.1, -0.05) is 18.1 Å². The molecule has 1 atom stereocenters. The van der Waals surface area contributed by atoms with E-state index in [9.17, 15) is 9.59 Å². The molecule has 0 radical (unpaired) electrons. The first-order valence-corrected chi connectivity index (χ1v) is 5.11. The highest BCUT2D eigenvalue weighted by atomic mass is 16.2. The summed E-state index contributed by atoms with van der Waals surface area (Å²) in [6, 6.07) is 7.29. The smallest absolute Gasteiger partial charge is 0.234 e. The summed E-state index contributed by atoms with van der Waals surface area (Å²) in [6.45, 7) is 0. The molecule has 0 bridgehead atoms. The third-order valence-electron chi connectivity index (χ3n) is 2.72. The quantitative estimate of drug-likeness (QED) is 0.562. The van der Waals surface area contributed by atoms with Crippen molar-refractivity contribution in [1.82, 2.24) is 5.32 Å². The van der Waals surface area contributed by atoms with E-state index in [0.29, 0.717) is 12.8 Å². The summed E-state index contributed by atoms with van der Waals surface area (Å²) < 4.78 is 0. The Kier molecular flexibility index (Phi) is 2.74. The van der Waals surface area contributed by atoms with Gasteiger partial charge in [0, 0.05) is 12.0 Å². The van der Waals surface area contributed by atoms with Gasteiger partial charge in [-0.05, 0) is 24.1 Å². The maximum absolute atomic E-state index is 11.6. The Hall–Kier alpha value is -2.08. The number of imide groups is 1. The lowest BCUT2D eigenvalue weighted by Crippen LogP contribution is -2.39. The maximum atomic E-state index is 11.6. The number of amides is 2. The molecule has 1 aliphatic rings. The fraction of sp³-hybridized carbons (Fsp3) is 0.231. The highest BCUT2D eigenvalue weighted by molar-refractivity contribution is 6.00. The van der Waals surface area contributed by atoms with Crippen molar-refractivity contribution >= 4 is 11.8 Å². The third-order valence-corrected chi connectivity index (χ3v) is 2.72. The van der Waals surface area contributed by atoms with Crippen LogP contribution in [0.3, 0.4) is 0 Å². The van der Waals surface area contributed by atoms with Gasteiger partial charge in [-0.25, -0.2) is 0 Å². The number of piperidine rings is 1. The monoisotopic (exact) mass is 213 g/mol. The summed E-state index contributed by atoms with van der Waals surface area (Å²) in [5, 5.41) is 2.34. The van der Waals surface area contributed by atoms with Crippen LogP contribution in [0.1, 0.15) is 29.9 Å². The number of hydrogen-bond donors (Lipinski definition) is 1. The van der Waals surface area contributed by atoms with E-state index in [1.54, 1.807) is 12.1 Å². The first-order chi connectivity index (χ1) is 7.70. The van der Waals surface area contributed by atoms with Crippen LogP contribution in [0.4, 0.5) is 0 Å². The molecular weight excluding hydrogens is 202 g/mol. The van der Waals surface area contributed by atoms with Crippen molar-refractivity contribution in [3.8, 4) is 12.3 Å². The summed E-state index contributed by atoms with van der Waals surface area (Å²) in [7, 11) is 0. The van der Waals surface area contributed by atoms with Crippen LogP contribution in [-0.2, 0) is 9.59 Å². The molecule has 1 saturated heterocycles. The lowest BCUT2D eigenvalue weighted by Gasteiger charge is -2.20. The molecule has 1 fully saturated rings. The Morgan fingerprint density at radius 3 is 2.50 bits per heavy atom. The van der Waals surface area contributed by atoms with Crippen LogP contribution in [0.5, 0.6) is 0 Å². The Morgan fingerprint density at radius 1 is 1.25 bits per heavy atom. The number of carbonyl (C=O) groups is 2. The van der Waals surface area contributed by atoms with Gasteiger partial charge in [0.05, 0.1) is 5.92 Å². The summed E-state index contributed by atoms with van der Waals surface area (Å²) >= 11 is 0. The van der Waals surface area contributed by atoms with Crippen molar-refractivity contribution in [2.75, 3.05) is 0 Å². The molecule has 1 aliphatic heterocycles. The number of carbonyl (C=O) groups excluding carboxylic acids is 2. The van der Waals surface area contributed by atoms with E-state index < -0.39 is 0 Å². The molecule has 1 unspecified atom stereocenters. The van der Waals surface area contributed by atoms with Crippen molar-refractivity contribution < 1.29 is 9.59 Å². The van der Waals surface area contributed by atoms with Gasteiger partial charge in [-0.15, -0.1) is 6.42 Å². The molecule has 16 heavy (non-hydrogen) atoms. The Balaban J connectivity index is 2.21. The van der Waals surface area contributed by atoms with Gasteiger partial charge in [0.1, 0.15) is 0 Å². The zero-order chi connectivity index (χ0) is 11.5. The van der Waals surface area contributed by atoms with E-state index >= 15 is 0 Å². The maximum Gasteiger partial charge on any atom is 0.234 e. The van der Waals surface area contributed by atoms with Gasteiger partial charge < -0.3 is 0 Å². The first kappa shape index (κ1) is 10.4. The minimum atomic E-state index is -0.232. The predicted molar refractivity (Wildman–Crippen MR) is 59.5 cm³/mol. The van der Waals surface area contributed by atoms with Crippen LogP contribution in [-0.4, -0.2) is 11.8 Å². The number of benzene rings is 1. The molecule has 1 aromatic rings. The molecule has 3 heteroatoms. The van der Waals surface area contributed by atoms with Crippen LogP contribution < -0.4 is 5.32 Å². The molecule has 0 spiro atoms. The molecule has 0 saturated carbocycles. The summed E-state index contributed by atoms with van der Waals surface area (Å²) in [4.78, 5) is 22.6. The molecule has 1 heterocycles. The van der Waals surface area contributed by atoms with Crippen molar-refractivity contribution in [2.24, 2.45) is 0 Å². The molecule has 2 amide bonds. The van der Waals surface area contributed by atoms with Crippen LogP contribution >= 0.6 is 0 Å². The highest BCUT2D eigenvalue weighted by Gasteiger charge is 2.27. The number of nitrogens with one attached hydrogen (secondary N) is 1. The summed E-state index contributed by atoms with van der Waals surface area (Å²) in [5.41, 5.74) is 1.69. The second-order valence-corrected chi connectivity index (χ2v) is 3.77. The van der Waals surface area contributed by atoms with Crippen molar-refractivity contribution in [3.05, 3.63) is 35.4 Å². The van der Waals surface area contributed by atoms with Crippen LogP contribution in [0, 0.1) is 12.3 Å². The standard InChI is InChI=1S/C13H11NO2/c1-2-9-3-5-10(6-4-9)11-7-8-12(15)14-13(11)16/h1,3-6,11H,7-8H2,(H,14,15,16). The second kappa shape index (κ2) is 4.19. The molecule has 1 N–H and O–H groups in total. The number of hydrogen-bond acceptors (Lipinski definition) is 2. The predicted octanol–water partition coefficient (Wildman–Crippen LogP) is 1.19. The topological polar surface area (TPSA) is 46.2 Å². The minimum Gasteiger partial charge on any atom is -0.296 e. The van der Waals surface area contributed by atoms with E-state index in [2.05, 4.69) is 11.2 Å². The molecule has 3 nitrogen and oxygen atoms in total. The molecular formula is C13H11NO2. The molecule has 0 aromatic heterocycles. The van der Waals surface area contributed by atoms with Crippen molar-refractivity contribution in [2.45, 2.75) is 18.8 Å². The zero-order valence-corrected chi connectivity index (χ0v) is 8.69. The van der Waals surface area contributed by atoms with E-state index in [0.717, 1.165) is 11.1 Å². The normalized spacial score (nSPS) is 20.1. The molecule has 80 valence electrons. The summed E-state index contributed by atoms with van der Waals surface area (Å²) in [6.07, 6.45) is 6.22. The Morgan fingerprint density at radius 2 is 1.94 bits per heavy atom. The van der Waals surface area contributed by atoms with E-state index in [4.69, 9.17) is 6.42 Å². The fourth-order valence-corrected chi connectivity index (χ4v) is 1.82. The SMILES string of the molecule is C#Cc1ccc(C2CCC(=O)NC2=O)cc1. The average Bonchev–Trinajstić information content (AvgIpc) is 2.29.